The topological polar surface area (TPSA) is 187 Å². The van der Waals surface area contributed by atoms with Crippen molar-refractivity contribution < 1.29 is 72.3 Å². The normalized spacial score (nSPS) is 25.1. The number of rotatable bonds is 9. The average Bonchev–Trinajstić information content (AvgIpc) is 3.36. The Morgan fingerprint density at radius 2 is 1.37 bits per heavy atom. The second-order valence-corrected chi connectivity index (χ2v) is 8.59. The van der Waals surface area contributed by atoms with Crippen molar-refractivity contribution in [1.29, 1.82) is 0 Å². The zero-order chi connectivity index (χ0) is 33.1. The zero-order valence-corrected chi connectivity index (χ0v) is 21.5. The highest BCUT2D eigenvalue weighted by molar-refractivity contribution is 6.01. The number of esters is 4. The van der Waals surface area contributed by atoms with Crippen molar-refractivity contribution in [2.75, 3.05) is 6.61 Å². The number of carbonyl (C=O) groups excluding carboxylic acids is 7. The van der Waals surface area contributed by atoms with E-state index in [2.05, 4.69) is 4.84 Å². The fourth-order valence-electron chi connectivity index (χ4n) is 4.06. The Kier molecular flexibility index (Phi) is 8.50. The molecule has 15 nitrogen and oxygen atoms in total. The maximum Gasteiger partial charge on any atom is 0.534 e. The van der Waals surface area contributed by atoms with Crippen molar-refractivity contribution in [3.05, 3.63) is 35.4 Å². The van der Waals surface area contributed by atoms with Crippen LogP contribution in [0.25, 0.3) is 0 Å². The molecule has 0 saturated carbocycles. The summed E-state index contributed by atoms with van der Waals surface area (Å²) in [4.78, 5) is 88.2. The van der Waals surface area contributed by atoms with E-state index in [1.807, 2.05) is 0 Å². The van der Waals surface area contributed by atoms with Gasteiger partial charge in [-0.2, -0.15) is 0 Å². The number of benzene rings is 1. The molecule has 15 heteroatoms. The molecular weight excluding hydrogens is 550 g/mol. The lowest BCUT2D eigenvalue weighted by atomic mass is 9.90. The Balaban J connectivity index is 1.88. The summed E-state index contributed by atoms with van der Waals surface area (Å²) in [5.41, 5.74) is 0.636. The second-order valence-electron chi connectivity index (χ2n) is 8.59. The van der Waals surface area contributed by atoms with E-state index >= 15 is 0 Å². The number of imide groups is 1. The van der Waals surface area contributed by atoms with Gasteiger partial charge in [-0.05, 0) is 11.1 Å². The van der Waals surface area contributed by atoms with Crippen molar-refractivity contribution in [2.45, 2.75) is 77.6 Å². The van der Waals surface area contributed by atoms with Crippen LogP contribution in [0.4, 0.5) is 4.79 Å². The summed E-state index contributed by atoms with van der Waals surface area (Å²) >= 11 is 0. The second kappa shape index (κ2) is 13.7. The number of hydroxylamine groups is 2. The van der Waals surface area contributed by atoms with Crippen LogP contribution < -0.4 is 0 Å². The van der Waals surface area contributed by atoms with Gasteiger partial charge < -0.3 is 28.4 Å². The summed E-state index contributed by atoms with van der Waals surface area (Å²) in [5, 5.41) is 0.320. The first-order valence-electron chi connectivity index (χ1n) is 14.7. The van der Waals surface area contributed by atoms with Crippen LogP contribution in [0.15, 0.2) is 24.3 Å². The van der Waals surface area contributed by atoms with Crippen molar-refractivity contribution >= 4 is 41.8 Å². The van der Waals surface area contributed by atoms with E-state index in [1.165, 1.54) is 24.3 Å². The van der Waals surface area contributed by atoms with Crippen LogP contribution in [-0.2, 0) is 68.6 Å². The molecule has 0 aliphatic carbocycles. The molecule has 3 rings (SSSR count). The molecule has 222 valence electrons. The van der Waals surface area contributed by atoms with E-state index in [4.69, 9.17) is 33.9 Å². The van der Waals surface area contributed by atoms with Crippen molar-refractivity contribution in [3.63, 3.8) is 0 Å². The summed E-state index contributed by atoms with van der Waals surface area (Å²) in [6.07, 6.45) is -9.04. The van der Waals surface area contributed by atoms with Crippen LogP contribution in [0.1, 0.15) is 63.2 Å². The van der Waals surface area contributed by atoms with Gasteiger partial charge in [-0.1, -0.05) is 29.3 Å². The summed E-state index contributed by atoms with van der Waals surface area (Å²) in [6, 6.07) is 5.79. The Morgan fingerprint density at radius 1 is 0.805 bits per heavy atom. The Labute approximate surface area is 239 Å². The third-order valence-corrected chi connectivity index (χ3v) is 5.68. The molecular formula is C26H29NO14. The van der Waals surface area contributed by atoms with E-state index in [1.54, 1.807) is 0 Å². The number of nitrogens with zero attached hydrogens (tertiary/aromatic N) is 1. The average molecular weight is 584 g/mol. The molecule has 2 heterocycles. The van der Waals surface area contributed by atoms with E-state index in [9.17, 15) is 33.6 Å². The maximum atomic E-state index is 12.3. The molecule has 0 spiro atoms. The molecule has 0 aromatic heterocycles. The summed E-state index contributed by atoms with van der Waals surface area (Å²) in [7, 11) is 0. The number of hydrogen-bond donors (Lipinski definition) is 0. The third kappa shape index (κ3) is 8.48. The number of ether oxygens (including phenoxy) is 6. The molecule has 2 aliphatic rings. The lowest BCUT2D eigenvalue weighted by molar-refractivity contribution is -0.254. The lowest BCUT2D eigenvalue weighted by Gasteiger charge is -2.44. The van der Waals surface area contributed by atoms with Crippen molar-refractivity contribution in [3.8, 4) is 0 Å². The van der Waals surface area contributed by atoms with Crippen molar-refractivity contribution in [2.24, 2.45) is 0 Å². The fraction of sp³-hybridized carbons (Fsp3) is 0.500. The largest absolute Gasteiger partial charge is 0.534 e. The highest BCUT2D eigenvalue weighted by Crippen LogP contribution is 2.37. The van der Waals surface area contributed by atoms with Gasteiger partial charge in [-0.3, -0.25) is 33.6 Å². The monoisotopic (exact) mass is 583 g/mol. The van der Waals surface area contributed by atoms with Gasteiger partial charge in [0.15, 0.2) is 18.3 Å². The first kappa shape index (κ1) is 25.4. The number of amides is 2. The molecule has 0 N–H and O–H groups in total. The van der Waals surface area contributed by atoms with Gasteiger partial charge >= 0.3 is 30.0 Å². The number of carbonyl (C=O) groups is 7. The molecule has 1 aromatic carbocycles. The minimum Gasteiger partial charge on any atom is -0.463 e. The van der Waals surface area contributed by atoms with E-state index < -0.39 is 107 Å². The highest BCUT2D eigenvalue weighted by Gasteiger charge is 2.52. The molecule has 1 aromatic rings. The lowest BCUT2D eigenvalue weighted by Crippen LogP contribution is -2.59. The van der Waals surface area contributed by atoms with Crippen molar-refractivity contribution in [1.82, 2.24) is 5.06 Å². The van der Waals surface area contributed by atoms with E-state index in [-0.39, 0.29) is 25.0 Å². The minimum absolute atomic E-state index is 0.0982. The van der Waals surface area contributed by atoms with Gasteiger partial charge in [-0.15, -0.1) is 0 Å². The van der Waals surface area contributed by atoms with Gasteiger partial charge in [0.1, 0.15) is 25.4 Å². The van der Waals surface area contributed by atoms with Gasteiger partial charge in [-0.25, -0.2) is 4.79 Å². The molecule has 5 atom stereocenters. The van der Waals surface area contributed by atoms with E-state index in [0.29, 0.717) is 10.6 Å². The smallest absolute Gasteiger partial charge is 0.463 e. The fourth-order valence-corrected chi connectivity index (χ4v) is 4.06. The summed E-state index contributed by atoms with van der Waals surface area (Å²) in [5.74, 6) is -5.64. The predicted octanol–water partition coefficient (Wildman–Crippen LogP) is 1.20. The molecule has 0 bridgehead atoms. The molecule has 41 heavy (non-hydrogen) atoms. The molecule has 0 radical (unpaired) electrons. The highest BCUT2D eigenvalue weighted by atomic mass is 16.8. The molecule has 2 amide bonds. The Hall–Kier alpha value is -4.53. The first-order valence-corrected chi connectivity index (χ1v) is 11.9. The minimum atomic E-state index is -1.65. The van der Waals surface area contributed by atoms with Crippen LogP contribution in [0, 0.1) is 0 Å². The molecule has 2 fully saturated rings. The molecule has 2 aliphatic heterocycles. The Bertz CT molecular complexity index is 1260. The Morgan fingerprint density at radius 3 is 1.95 bits per heavy atom. The predicted molar refractivity (Wildman–Crippen MR) is 130 cm³/mol. The van der Waals surface area contributed by atoms with Crippen LogP contribution in [-0.4, -0.2) is 77.9 Å². The van der Waals surface area contributed by atoms with Gasteiger partial charge in [0.25, 0.3) is 11.8 Å². The first-order chi connectivity index (χ1) is 21.5. The third-order valence-electron chi connectivity index (χ3n) is 5.68. The SMILES string of the molecule is [2H]CC(=O)OC[C@H]1OC(c2ccc(COC(=O)ON3C(=O)CCC3=O)cc2)[C@H](OC(=O)C[2H])[C@@H](OC(=O)C[2H])[C@H]1OC(=O)C[2H]. The van der Waals surface area contributed by atoms with Crippen LogP contribution in [0.2, 0.25) is 0 Å². The quantitative estimate of drug-likeness (QED) is 0.229. The van der Waals surface area contributed by atoms with Crippen LogP contribution in [0.5, 0.6) is 0 Å². The van der Waals surface area contributed by atoms with Gasteiger partial charge in [0.05, 0.1) is 0 Å². The zero-order valence-electron chi connectivity index (χ0n) is 25.5. The standard InChI is InChI=1S/C26H29NO14/c1-13(28)35-12-19-23(37-14(2)29)25(39-16(4)31)24(38-15(3)30)22(40-19)18-7-5-17(6-8-18)11-36-26(34)41-27-20(32)9-10-21(27)33/h5-8,19,22-25H,9-12H2,1-4H3/t19-,22?,23+,24+,25+/m1/s1/i1D,2D,3D,4D. The van der Waals surface area contributed by atoms with Gasteiger partial charge in [0, 0.05) is 45.9 Å². The summed E-state index contributed by atoms with van der Waals surface area (Å²) < 4.78 is 61.2. The van der Waals surface area contributed by atoms with Gasteiger partial charge in [0.2, 0.25) is 0 Å². The molecule has 2 saturated heterocycles. The van der Waals surface area contributed by atoms with Crippen LogP contribution in [0.3, 0.4) is 0 Å². The molecule has 1 unspecified atom stereocenters. The summed E-state index contributed by atoms with van der Waals surface area (Å²) in [6.45, 7) is -4.33. The maximum absolute atomic E-state index is 12.3. The van der Waals surface area contributed by atoms with E-state index in [0.717, 1.165) is 0 Å². The number of hydrogen-bond acceptors (Lipinski definition) is 14. The van der Waals surface area contributed by atoms with Crippen LogP contribution >= 0.6 is 0 Å².